The van der Waals surface area contributed by atoms with Gasteiger partial charge in [-0.2, -0.15) is 11.8 Å². The van der Waals surface area contributed by atoms with Crippen molar-refractivity contribution in [3.8, 4) is 0 Å². The Hall–Kier alpha value is -0.770. The predicted octanol–water partition coefficient (Wildman–Crippen LogP) is 5.98. The van der Waals surface area contributed by atoms with Crippen molar-refractivity contribution in [2.45, 2.75) is 78.6 Å². The summed E-state index contributed by atoms with van der Waals surface area (Å²) in [5.74, 6) is 7.19. The zero-order chi connectivity index (χ0) is 22.5. The summed E-state index contributed by atoms with van der Waals surface area (Å²) in [6.45, 7) is 9.43. The third kappa shape index (κ3) is 3.81. The SMILES string of the molecule is CC(CCC(=O)N1CCSCC1)C1CCC2C3C=CC4CC(=O)CCC4(C)C3CCC12C. The average molecular weight is 458 g/mol. The van der Waals surface area contributed by atoms with Crippen molar-refractivity contribution in [2.75, 3.05) is 24.6 Å². The van der Waals surface area contributed by atoms with Crippen molar-refractivity contribution in [3.05, 3.63) is 12.2 Å². The van der Waals surface area contributed by atoms with Crippen LogP contribution >= 0.6 is 11.8 Å². The molecule has 1 heterocycles. The number of hydrogen-bond acceptors (Lipinski definition) is 3. The molecule has 3 nitrogen and oxygen atoms in total. The van der Waals surface area contributed by atoms with Crippen LogP contribution in [0.4, 0.5) is 0 Å². The molecular formula is C28H43NO2S. The Bertz CT molecular complexity index is 773. The van der Waals surface area contributed by atoms with Gasteiger partial charge < -0.3 is 4.90 Å². The lowest BCUT2D eigenvalue weighted by molar-refractivity contribution is -0.131. The fourth-order valence-corrected chi connectivity index (χ4v) is 9.82. The first-order valence-electron chi connectivity index (χ1n) is 13.4. The Morgan fingerprint density at radius 2 is 1.84 bits per heavy atom. The first-order valence-corrected chi connectivity index (χ1v) is 14.5. The van der Waals surface area contributed by atoms with Crippen molar-refractivity contribution >= 4 is 23.5 Å². The highest BCUT2D eigenvalue weighted by molar-refractivity contribution is 7.99. The number of amides is 1. The van der Waals surface area contributed by atoms with Gasteiger partial charge in [-0.05, 0) is 84.9 Å². The number of hydrogen-bond donors (Lipinski definition) is 0. The molecule has 4 fully saturated rings. The van der Waals surface area contributed by atoms with Gasteiger partial charge in [-0.1, -0.05) is 32.9 Å². The summed E-state index contributed by atoms with van der Waals surface area (Å²) in [6, 6.07) is 0. The molecule has 3 saturated carbocycles. The zero-order valence-electron chi connectivity index (χ0n) is 20.5. The van der Waals surface area contributed by atoms with Gasteiger partial charge in [0.25, 0.3) is 0 Å². The quantitative estimate of drug-likeness (QED) is 0.487. The molecule has 5 aliphatic rings. The largest absolute Gasteiger partial charge is 0.341 e. The number of Topliss-reactive ketones (excluding diaryl/α,β-unsaturated/α-hetero) is 1. The van der Waals surface area contributed by atoms with Crippen molar-refractivity contribution in [1.82, 2.24) is 4.90 Å². The second-order valence-electron chi connectivity index (χ2n) is 12.3. The second kappa shape index (κ2) is 8.78. The van der Waals surface area contributed by atoms with Crippen LogP contribution in [0.15, 0.2) is 12.2 Å². The van der Waals surface area contributed by atoms with Crippen molar-refractivity contribution in [2.24, 2.45) is 46.3 Å². The van der Waals surface area contributed by atoms with Gasteiger partial charge in [0.2, 0.25) is 5.91 Å². The van der Waals surface area contributed by atoms with Crippen LogP contribution in [0.25, 0.3) is 0 Å². The van der Waals surface area contributed by atoms with Gasteiger partial charge in [-0.15, -0.1) is 0 Å². The van der Waals surface area contributed by atoms with Crippen LogP contribution in [0.5, 0.6) is 0 Å². The Morgan fingerprint density at radius 1 is 1.09 bits per heavy atom. The first kappa shape index (κ1) is 23.0. The number of carbonyl (C=O) groups is 2. The molecule has 0 bridgehead atoms. The van der Waals surface area contributed by atoms with Crippen molar-refractivity contribution in [1.29, 1.82) is 0 Å². The molecular weight excluding hydrogens is 414 g/mol. The average Bonchev–Trinajstić information content (AvgIpc) is 3.15. The predicted molar refractivity (Wildman–Crippen MR) is 132 cm³/mol. The van der Waals surface area contributed by atoms with Crippen LogP contribution in [-0.4, -0.2) is 41.2 Å². The maximum atomic E-state index is 12.7. The summed E-state index contributed by atoms with van der Waals surface area (Å²) in [4.78, 5) is 27.0. The Kier molecular flexibility index (Phi) is 6.31. The Morgan fingerprint density at radius 3 is 2.62 bits per heavy atom. The van der Waals surface area contributed by atoms with E-state index in [9.17, 15) is 9.59 Å². The monoisotopic (exact) mass is 457 g/mol. The normalized spacial score (nSPS) is 44.5. The van der Waals surface area contributed by atoms with E-state index in [0.29, 0.717) is 40.3 Å². The number of carbonyl (C=O) groups excluding carboxylic acids is 2. The number of fused-ring (bicyclic) bond motifs is 5. The fraction of sp³-hybridized carbons (Fsp3) is 0.857. The van der Waals surface area contributed by atoms with Crippen LogP contribution < -0.4 is 0 Å². The lowest BCUT2D eigenvalue weighted by Gasteiger charge is -2.58. The molecule has 32 heavy (non-hydrogen) atoms. The fourth-order valence-electron chi connectivity index (χ4n) is 8.92. The standard InChI is InChI=1S/C28H43NO2S/c1-19(4-9-26(31)29-14-16-32-17-15-29)23-7-8-24-22-6-5-20-18-21(30)10-12-27(20,2)25(22)11-13-28(23,24)3/h5-6,19-20,22-25H,4,7-18H2,1-3H3. The smallest absolute Gasteiger partial charge is 0.222 e. The maximum absolute atomic E-state index is 12.7. The van der Waals surface area contributed by atoms with Crippen LogP contribution in [0.3, 0.4) is 0 Å². The highest BCUT2D eigenvalue weighted by atomic mass is 32.2. The number of ketones is 1. The summed E-state index contributed by atoms with van der Waals surface area (Å²) in [5, 5.41) is 0. The number of thioether (sulfide) groups is 1. The van der Waals surface area contributed by atoms with E-state index in [4.69, 9.17) is 0 Å². The molecule has 0 radical (unpaired) electrons. The van der Waals surface area contributed by atoms with E-state index in [0.717, 1.165) is 74.5 Å². The Labute approximate surface area is 199 Å². The first-order chi connectivity index (χ1) is 15.3. The van der Waals surface area contributed by atoms with Gasteiger partial charge >= 0.3 is 0 Å². The topological polar surface area (TPSA) is 37.4 Å². The molecule has 1 amide bonds. The lowest BCUT2D eigenvalue weighted by Crippen LogP contribution is -2.52. The van der Waals surface area contributed by atoms with E-state index in [1.807, 2.05) is 11.8 Å². The molecule has 8 unspecified atom stereocenters. The van der Waals surface area contributed by atoms with Gasteiger partial charge in [0.1, 0.15) is 5.78 Å². The van der Waals surface area contributed by atoms with E-state index in [1.54, 1.807) is 0 Å². The molecule has 178 valence electrons. The number of rotatable bonds is 4. The highest BCUT2D eigenvalue weighted by Crippen LogP contribution is 2.66. The summed E-state index contributed by atoms with van der Waals surface area (Å²) in [6.07, 6.45) is 14.9. The molecule has 4 aliphatic carbocycles. The maximum Gasteiger partial charge on any atom is 0.222 e. The summed E-state index contributed by atoms with van der Waals surface area (Å²) < 4.78 is 0. The van der Waals surface area contributed by atoms with Crippen LogP contribution in [0.1, 0.15) is 78.6 Å². The molecule has 0 N–H and O–H groups in total. The van der Waals surface area contributed by atoms with Gasteiger partial charge in [0.15, 0.2) is 0 Å². The number of nitrogens with zero attached hydrogens (tertiary/aromatic N) is 1. The van der Waals surface area contributed by atoms with E-state index in [1.165, 1.54) is 25.7 Å². The molecule has 0 spiro atoms. The molecule has 0 aromatic carbocycles. The second-order valence-corrected chi connectivity index (χ2v) is 13.5. The third-order valence-electron chi connectivity index (χ3n) is 10.9. The molecule has 5 rings (SSSR count). The van der Waals surface area contributed by atoms with Crippen LogP contribution in [-0.2, 0) is 9.59 Å². The molecule has 8 atom stereocenters. The van der Waals surface area contributed by atoms with Gasteiger partial charge in [-0.3, -0.25) is 9.59 Å². The van der Waals surface area contributed by atoms with Gasteiger partial charge in [-0.25, -0.2) is 0 Å². The lowest BCUT2D eigenvalue weighted by atomic mass is 9.46. The minimum atomic E-state index is 0.331. The molecule has 0 aromatic rings. The van der Waals surface area contributed by atoms with Gasteiger partial charge in [0.05, 0.1) is 0 Å². The highest BCUT2D eigenvalue weighted by Gasteiger charge is 2.59. The summed E-state index contributed by atoms with van der Waals surface area (Å²) in [5.41, 5.74) is 0.751. The van der Waals surface area contributed by atoms with Crippen LogP contribution in [0, 0.1) is 46.3 Å². The van der Waals surface area contributed by atoms with E-state index < -0.39 is 0 Å². The van der Waals surface area contributed by atoms with Crippen molar-refractivity contribution in [3.63, 3.8) is 0 Å². The van der Waals surface area contributed by atoms with Crippen molar-refractivity contribution < 1.29 is 9.59 Å². The van der Waals surface area contributed by atoms with E-state index >= 15 is 0 Å². The molecule has 0 aromatic heterocycles. The van der Waals surface area contributed by atoms with E-state index in [-0.39, 0.29) is 0 Å². The molecule has 4 heteroatoms. The summed E-state index contributed by atoms with van der Waals surface area (Å²) >= 11 is 1.97. The van der Waals surface area contributed by atoms with Crippen LogP contribution in [0.2, 0.25) is 0 Å². The zero-order valence-corrected chi connectivity index (χ0v) is 21.3. The number of allylic oxidation sites excluding steroid dienone is 2. The molecule has 1 saturated heterocycles. The minimum Gasteiger partial charge on any atom is -0.341 e. The van der Waals surface area contributed by atoms with E-state index in [2.05, 4.69) is 37.8 Å². The summed E-state index contributed by atoms with van der Waals surface area (Å²) in [7, 11) is 0. The van der Waals surface area contributed by atoms with Gasteiger partial charge in [0, 0.05) is 43.9 Å². The third-order valence-corrected chi connectivity index (χ3v) is 11.9. The minimum absolute atomic E-state index is 0.331. The Balaban J connectivity index is 1.26. The molecule has 1 aliphatic heterocycles.